The highest BCUT2D eigenvalue weighted by Gasteiger charge is 2.26. The Balaban J connectivity index is 1.57. The summed E-state index contributed by atoms with van der Waals surface area (Å²) in [6.45, 7) is 5.88. The number of halogens is 1. The molecule has 9 nitrogen and oxygen atoms in total. The first-order chi connectivity index (χ1) is 17.6. The van der Waals surface area contributed by atoms with Gasteiger partial charge in [-0.1, -0.05) is 28.1 Å². The molecule has 2 heterocycles. The van der Waals surface area contributed by atoms with Gasteiger partial charge in [0, 0.05) is 22.9 Å². The largest absolute Gasteiger partial charge is 0.497 e. The number of nitrogens with one attached hydrogen (secondary N) is 1. The molecule has 1 amide bonds. The van der Waals surface area contributed by atoms with Crippen molar-refractivity contribution >= 4 is 39.4 Å². The molecule has 0 atom stereocenters. The van der Waals surface area contributed by atoms with Gasteiger partial charge in [-0.25, -0.2) is 4.98 Å². The van der Waals surface area contributed by atoms with Gasteiger partial charge in [-0.2, -0.15) is 4.98 Å². The van der Waals surface area contributed by atoms with E-state index in [-0.39, 0.29) is 24.6 Å². The lowest BCUT2D eigenvalue weighted by molar-refractivity contribution is -0.153. The summed E-state index contributed by atoms with van der Waals surface area (Å²) in [5, 5.41) is 2.58. The van der Waals surface area contributed by atoms with E-state index < -0.39 is 17.5 Å². The summed E-state index contributed by atoms with van der Waals surface area (Å²) >= 11 is 3.52. The number of ether oxygens (including phenoxy) is 3. The van der Waals surface area contributed by atoms with Gasteiger partial charge in [-0.3, -0.25) is 9.59 Å². The first-order valence-electron chi connectivity index (χ1n) is 11.8. The van der Waals surface area contributed by atoms with Crippen molar-refractivity contribution in [3.05, 3.63) is 69.8 Å². The van der Waals surface area contributed by atoms with Crippen molar-refractivity contribution < 1.29 is 23.8 Å². The molecular formula is C27H29BrN4O5. The molecule has 3 aromatic rings. The zero-order chi connectivity index (χ0) is 26.6. The monoisotopic (exact) mass is 568 g/mol. The zero-order valence-electron chi connectivity index (χ0n) is 21.2. The van der Waals surface area contributed by atoms with Gasteiger partial charge in [0.2, 0.25) is 11.8 Å². The molecule has 0 unspecified atom stereocenters. The second-order valence-electron chi connectivity index (χ2n) is 9.47. The Morgan fingerprint density at radius 1 is 1.14 bits per heavy atom. The molecule has 4 rings (SSSR count). The summed E-state index contributed by atoms with van der Waals surface area (Å²) in [5.74, 6) is 0.198. The fraction of sp³-hybridized carbons (Fsp3) is 0.333. The number of methoxy groups -OCH3 is 1. The van der Waals surface area contributed by atoms with E-state index in [2.05, 4.69) is 37.3 Å². The topological polar surface area (TPSA) is 103 Å². The number of carbonyl (C=O) groups is 2. The molecule has 10 heteroatoms. The minimum absolute atomic E-state index is 0.119. The Labute approximate surface area is 224 Å². The van der Waals surface area contributed by atoms with Crippen LogP contribution in [0.5, 0.6) is 11.6 Å². The Kier molecular flexibility index (Phi) is 7.97. The summed E-state index contributed by atoms with van der Waals surface area (Å²) in [7, 11) is 1.60. The van der Waals surface area contributed by atoms with Crippen LogP contribution in [0.2, 0.25) is 0 Å². The number of anilines is 2. The molecule has 1 N–H and O–H groups in total. The minimum Gasteiger partial charge on any atom is -0.497 e. The first kappa shape index (κ1) is 26.4. The van der Waals surface area contributed by atoms with E-state index in [0.717, 1.165) is 27.9 Å². The predicted molar refractivity (Wildman–Crippen MR) is 142 cm³/mol. The Morgan fingerprint density at radius 3 is 2.59 bits per heavy atom. The lowest BCUT2D eigenvalue weighted by Crippen LogP contribution is -2.35. The molecule has 0 aliphatic carbocycles. The van der Waals surface area contributed by atoms with Crippen LogP contribution in [0.15, 0.2) is 53.1 Å². The highest BCUT2D eigenvalue weighted by Crippen LogP contribution is 2.35. The van der Waals surface area contributed by atoms with Crippen LogP contribution in [0, 0.1) is 0 Å². The Bertz CT molecular complexity index is 1290. The molecule has 1 aliphatic rings. The SMILES string of the molecule is COc1ccc(COc2nc(N3CCc4cc(Br)ccc43)ncc2C(=O)NCC(=O)OC(C)(C)C)cc1. The van der Waals surface area contributed by atoms with Gasteiger partial charge in [-0.05, 0) is 68.7 Å². The molecule has 0 saturated carbocycles. The molecule has 194 valence electrons. The fourth-order valence-electron chi connectivity index (χ4n) is 3.83. The molecule has 0 radical (unpaired) electrons. The van der Waals surface area contributed by atoms with Crippen LogP contribution in [-0.2, 0) is 22.6 Å². The van der Waals surface area contributed by atoms with Crippen molar-refractivity contribution in [2.75, 3.05) is 25.1 Å². The molecule has 0 saturated heterocycles. The molecule has 0 spiro atoms. The summed E-state index contributed by atoms with van der Waals surface area (Å²) < 4.78 is 17.5. The molecule has 0 fully saturated rings. The molecule has 1 aromatic heterocycles. The molecule has 1 aliphatic heterocycles. The number of hydrogen-bond donors (Lipinski definition) is 1. The standard InChI is InChI=1S/C27H29BrN4O5/c1-27(2,3)37-23(33)15-29-24(34)21-14-30-26(32-12-11-18-13-19(28)7-10-22(18)32)31-25(21)36-16-17-5-8-20(35-4)9-6-17/h5-10,13-14H,11-12,15-16H2,1-4H3,(H,29,34). The van der Waals surface area contributed by atoms with Crippen molar-refractivity contribution in [2.45, 2.75) is 39.4 Å². The normalized spacial score (nSPS) is 12.6. The molecule has 37 heavy (non-hydrogen) atoms. The highest BCUT2D eigenvalue weighted by atomic mass is 79.9. The molecular weight excluding hydrogens is 540 g/mol. The maximum atomic E-state index is 13.0. The average Bonchev–Trinajstić information content (AvgIpc) is 3.28. The quantitative estimate of drug-likeness (QED) is 0.393. The van der Waals surface area contributed by atoms with E-state index in [1.807, 2.05) is 41.3 Å². The van der Waals surface area contributed by atoms with Crippen LogP contribution < -0.4 is 19.7 Å². The number of hydrogen-bond acceptors (Lipinski definition) is 8. The highest BCUT2D eigenvalue weighted by molar-refractivity contribution is 9.10. The van der Waals surface area contributed by atoms with Gasteiger partial charge in [0.1, 0.15) is 30.1 Å². The third-order valence-electron chi connectivity index (χ3n) is 5.51. The number of amides is 1. The lowest BCUT2D eigenvalue weighted by atomic mass is 10.2. The zero-order valence-corrected chi connectivity index (χ0v) is 22.8. The van der Waals surface area contributed by atoms with Gasteiger partial charge >= 0.3 is 5.97 Å². The number of nitrogens with zero attached hydrogens (tertiary/aromatic N) is 3. The van der Waals surface area contributed by atoms with Gasteiger partial charge in [0.15, 0.2) is 0 Å². The molecule has 2 aromatic carbocycles. The van der Waals surface area contributed by atoms with E-state index in [9.17, 15) is 9.59 Å². The van der Waals surface area contributed by atoms with Crippen LogP contribution in [0.1, 0.15) is 42.3 Å². The van der Waals surface area contributed by atoms with Crippen LogP contribution in [0.4, 0.5) is 11.6 Å². The van der Waals surface area contributed by atoms with Gasteiger partial charge < -0.3 is 24.4 Å². The van der Waals surface area contributed by atoms with Crippen LogP contribution in [0.3, 0.4) is 0 Å². The number of rotatable bonds is 8. The smallest absolute Gasteiger partial charge is 0.325 e. The average molecular weight is 569 g/mol. The van der Waals surface area contributed by atoms with Crippen molar-refractivity contribution in [3.8, 4) is 11.6 Å². The van der Waals surface area contributed by atoms with E-state index in [0.29, 0.717) is 12.5 Å². The summed E-state index contributed by atoms with van der Waals surface area (Å²) in [6.07, 6.45) is 2.27. The van der Waals surface area contributed by atoms with E-state index in [1.165, 1.54) is 11.8 Å². The number of aromatic nitrogens is 2. The van der Waals surface area contributed by atoms with Gasteiger partial charge in [-0.15, -0.1) is 0 Å². The van der Waals surface area contributed by atoms with Crippen molar-refractivity contribution in [1.82, 2.24) is 15.3 Å². The lowest BCUT2D eigenvalue weighted by Gasteiger charge is -2.20. The number of carbonyl (C=O) groups excluding carboxylic acids is 2. The Hall–Kier alpha value is -3.66. The third kappa shape index (κ3) is 6.76. The minimum atomic E-state index is -0.652. The maximum absolute atomic E-state index is 13.0. The van der Waals surface area contributed by atoms with Crippen LogP contribution in [0.25, 0.3) is 0 Å². The van der Waals surface area contributed by atoms with Gasteiger partial charge in [0.05, 0.1) is 7.11 Å². The van der Waals surface area contributed by atoms with Crippen LogP contribution >= 0.6 is 15.9 Å². The van der Waals surface area contributed by atoms with Crippen LogP contribution in [-0.4, -0.2) is 47.6 Å². The van der Waals surface area contributed by atoms with E-state index in [4.69, 9.17) is 14.2 Å². The second kappa shape index (κ2) is 11.2. The number of fused-ring (bicyclic) bond motifs is 1. The summed E-state index contributed by atoms with van der Waals surface area (Å²) in [5.41, 5.74) is 2.53. The molecule has 0 bridgehead atoms. The number of benzene rings is 2. The van der Waals surface area contributed by atoms with Crippen molar-refractivity contribution in [3.63, 3.8) is 0 Å². The van der Waals surface area contributed by atoms with E-state index >= 15 is 0 Å². The summed E-state index contributed by atoms with van der Waals surface area (Å²) in [4.78, 5) is 36.1. The van der Waals surface area contributed by atoms with Crippen molar-refractivity contribution in [1.29, 1.82) is 0 Å². The maximum Gasteiger partial charge on any atom is 0.325 e. The summed E-state index contributed by atoms with van der Waals surface area (Å²) in [6, 6.07) is 13.5. The van der Waals surface area contributed by atoms with E-state index in [1.54, 1.807) is 27.9 Å². The number of esters is 1. The fourth-order valence-corrected chi connectivity index (χ4v) is 4.24. The third-order valence-corrected chi connectivity index (χ3v) is 6.01. The van der Waals surface area contributed by atoms with Gasteiger partial charge in [0.25, 0.3) is 5.91 Å². The van der Waals surface area contributed by atoms with Crippen molar-refractivity contribution in [2.24, 2.45) is 0 Å². The first-order valence-corrected chi connectivity index (χ1v) is 12.6. The predicted octanol–water partition coefficient (Wildman–Crippen LogP) is 4.59. The Morgan fingerprint density at radius 2 is 1.89 bits per heavy atom. The second-order valence-corrected chi connectivity index (χ2v) is 10.4.